The van der Waals surface area contributed by atoms with E-state index in [1.807, 2.05) is 0 Å². The van der Waals surface area contributed by atoms with Crippen molar-refractivity contribution in [3.05, 3.63) is 5.82 Å². The van der Waals surface area contributed by atoms with E-state index in [9.17, 15) is 4.79 Å². The van der Waals surface area contributed by atoms with Gasteiger partial charge in [-0.05, 0) is 13.8 Å². The van der Waals surface area contributed by atoms with Gasteiger partial charge in [0.25, 0.3) is 0 Å². The third kappa shape index (κ3) is 2.15. The summed E-state index contributed by atoms with van der Waals surface area (Å²) in [6.07, 6.45) is 0. The number of anilines is 1. The predicted molar refractivity (Wildman–Crippen MR) is 50.1 cm³/mol. The van der Waals surface area contributed by atoms with Crippen molar-refractivity contribution in [2.24, 2.45) is 0 Å². The minimum Gasteiger partial charge on any atom is -0.480 e. The van der Waals surface area contributed by atoms with Crippen molar-refractivity contribution in [2.45, 2.75) is 19.9 Å². The van der Waals surface area contributed by atoms with Crippen LogP contribution >= 0.6 is 11.5 Å². The molecule has 0 aromatic carbocycles. The van der Waals surface area contributed by atoms with Gasteiger partial charge in [0.15, 0.2) is 0 Å². The van der Waals surface area contributed by atoms with E-state index in [0.29, 0.717) is 11.0 Å². The highest BCUT2D eigenvalue weighted by Gasteiger charge is 2.19. The standard InChI is InChI=1S/C7H11N3O2S/c1-4(6(11)12)10(3)7-8-5(2)9-13-7/h4H,1-3H3,(H,11,12). The van der Waals surface area contributed by atoms with Crippen molar-refractivity contribution in [1.82, 2.24) is 9.36 Å². The highest BCUT2D eigenvalue weighted by atomic mass is 32.1. The first kappa shape index (κ1) is 9.91. The smallest absolute Gasteiger partial charge is 0.326 e. The van der Waals surface area contributed by atoms with E-state index < -0.39 is 12.0 Å². The number of likely N-dealkylation sites (N-methyl/N-ethyl adjacent to an activating group) is 1. The minimum atomic E-state index is -0.865. The molecule has 1 rings (SSSR count). The molecule has 72 valence electrons. The summed E-state index contributed by atoms with van der Waals surface area (Å²) in [5.41, 5.74) is 0. The second-order valence-electron chi connectivity index (χ2n) is 2.75. The molecule has 0 saturated carbocycles. The topological polar surface area (TPSA) is 66.3 Å². The van der Waals surface area contributed by atoms with Crippen LogP contribution in [0, 0.1) is 6.92 Å². The molecule has 5 nitrogen and oxygen atoms in total. The van der Waals surface area contributed by atoms with Crippen LogP contribution < -0.4 is 4.90 Å². The molecule has 0 bridgehead atoms. The van der Waals surface area contributed by atoms with Gasteiger partial charge in [-0.2, -0.15) is 4.37 Å². The molecule has 1 unspecified atom stereocenters. The van der Waals surface area contributed by atoms with Gasteiger partial charge in [0.2, 0.25) is 5.13 Å². The number of aromatic nitrogens is 2. The number of hydrogen-bond donors (Lipinski definition) is 1. The quantitative estimate of drug-likeness (QED) is 0.781. The minimum absolute atomic E-state index is 0.577. The fraction of sp³-hybridized carbons (Fsp3) is 0.571. The maximum atomic E-state index is 10.6. The largest absolute Gasteiger partial charge is 0.480 e. The van der Waals surface area contributed by atoms with Crippen LogP contribution in [0.2, 0.25) is 0 Å². The first-order valence-corrected chi connectivity index (χ1v) is 4.55. The summed E-state index contributed by atoms with van der Waals surface area (Å²) in [6, 6.07) is -0.577. The average Bonchev–Trinajstić information content (AvgIpc) is 2.49. The van der Waals surface area contributed by atoms with Gasteiger partial charge in [-0.3, -0.25) is 0 Å². The van der Waals surface area contributed by atoms with Gasteiger partial charge in [-0.1, -0.05) is 0 Å². The molecule has 0 radical (unpaired) electrons. The van der Waals surface area contributed by atoms with Crippen LogP contribution in [0.3, 0.4) is 0 Å². The highest BCUT2D eigenvalue weighted by Crippen LogP contribution is 2.17. The van der Waals surface area contributed by atoms with E-state index in [0.717, 1.165) is 0 Å². The molecule has 0 aliphatic heterocycles. The molecule has 13 heavy (non-hydrogen) atoms. The lowest BCUT2D eigenvalue weighted by molar-refractivity contribution is -0.138. The van der Waals surface area contributed by atoms with Crippen LogP contribution in [-0.4, -0.2) is 33.5 Å². The summed E-state index contributed by atoms with van der Waals surface area (Å²) >= 11 is 1.20. The Bertz CT molecular complexity index is 312. The molecule has 1 atom stereocenters. The van der Waals surface area contributed by atoms with Gasteiger partial charge in [-0.25, -0.2) is 9.78 Å². The molecule has 0 amide bonds. The Labute approximate surface area is 80.2 Å². The van der Waals surface area contributed by atoms with E-state index >= 15 is 0 Å². The lowest BCUT2D eigenvalue weighted by atomic mass is 10.3. The second-order valence-corrected chi connectivity index (χ2v) is 3.48. The number of carbonyl (C=O) groups is 1. The highest BCUT2D eigenvalue weighted by molar-refractivity contribution is 7.09. The molecule has 0 saturated heterocycles. The van der Waals surface area contributed by atoms with Crippen LogP contribution in [-0.2, 0) is 4.79 Å². The zero-order valence-electron chi connectivity index (χ0n) is 7.68. The van der Waals surface area contributed by atoms with Crippen molar-refractivity contribution in [3.8, 4) is 0 Å². The molecule has 1 aromatic heterocycles. The molecule has 0 spiro atoms. The Hall–Kier alpha value is -1.17. The van der Waals surface area contributed by atoms with E-state index in [-0.39, 0.29) is 0 Å². The van der Waals surface area contributed by atoms with Crippen molar-refractivity contribution < 1.29 is 9.90 Å². The molecule has 1 aromatic rings. The number of rotatable bonds is 3. The maximum Gasteiger partial charge on any atom is 0.326 e. The Morgan fingerprint density at radius 2 is 2.31 bits per heavy atom. The van der Waals surface area contributed by atoms with E-state index in [1.165, 1.54) is 11.5 Å². The zero-order chi connectivity index (χ0) is 10.0. The summed E-state index contributed by atoms with van der Waals surface area (Å²) in [6.45, 7) is 3.39. The normalized spacial score (nSPS) is 12.5. The molecule has 0 aliphatic carbocycles. The lowest BCUT2D eigenvalue weighted by Crippen LogP contribution is -2.35. The van der Waals surface area contributed by atoms with Gasteiger partial charge in [0.1, 0.15) is 11.9 Å². The van der Waals surface area contributed by atoms with Crippen molar-refractivity contribution >= 4 is 22.6 Å². The second kappa shape index (κ2) is 3.69. The van der Waals surface area contributed by atoms with E-state index in [1.54, 1.807) is 25.8 Å². The van der Waals surface area contributed by atoms with Crippen LogP contribution in [0.4, 0.5) is 5.13 Å². The Morgan fingerprint density at radius 1 is 1.69 bits per heavy atom. The number of aliphatic carboxylic acids is 1. The van der Waals surface area contributed by atoms with Crippen molar-refractivity contribution in [2.75, 3.05) is 11.9 Å². The van der Waals surface area contributed by atoms with Crippen LogP contribution in [0.15, 0.2) is 0 Å². The molecular weight excluding hydrogens is 190 g/mol. The summed E-state index contributed by atoms with van der Waals surface area (Å²) < 4.78 is 3.98. The average molecular weight is 201 g/mol. The fourth-order valence-corrected chi connectivity index (χ4v) is 1.48. The van der Waals surface area contributed by atoms with Gasteiger partial charge in [0.05, 0.1) is 0 Å². The number of hydrogen-bond acceptors (Lipinski definition) is 5. The lowest BCUT2D eigenvalue weighted by Gasteiger charge is -2.19. The first-order valence-electron chi connectivity index (χ1n) is 3.78. The summed E-state index contributed by atoms with van der Waals surface area (Å²) in [5.74, 6) is -0.195. The van der Waals surface area contributed by atoms with Crippen LogP contribution in [0.5, 0.6) is 0 Å². The monoisotopic (exact) mass is 201 g/mol. The van der Waals surface area contributed by atoms with E-state index in [2.05, 4.69) is 9.36 Å². The Balaban J connectivity index is 2.78. The Kier molecular flexibility index (Phi) is 2.82. The SMILES string of the molecule is Cc1nsc(N(C)C(C)C(=O)O)n1. The zero-order valence-corrected chi connectivity index (χ0v) is 8.50. The third-order valence-corrected chi connectivity index (χ3v) is 2.65. The number of aryl methyl sites for hydroxylation is 1. The third-order valence-electron chi connectivity index (χ3n) is 1.76. The van der Waals surface area contributed by atoms with Gasteiger partial charge in [-0.15, -0.1) is 0 Å². The fourth-order valence-electron chi connectivity index (χ4n) is 0.761. The van der Waals surface area contributed by atoms with Gasteiger partial charge >= 0.3 is 5.97 Å². The van der Waals surface area contributed by atoms with Crippen molar-refractivity contribution in [1.29, 1.82) is 0 Å². The van der Waals surface area contributed by atoms with E-state index in [4.69, 9.17) is 5.11 Å². The molecule has 1 heterocycles. The van der Waals surface area contributed by atoms with Crippen LogP contribution in [0.25, 0.3) is 0 Å². The molecule has 6 heteroatoms. The first-order chi connectivity index (χ1) is 6.02. The van der Waals surface area contributed by atoms with Gasteiger partial charge < -0.3 is 10.0 Å². The molecule has 0 fully saturated rings. The van der Waals surface area contributed by atoms with Crippen molar-refractivity contribution in [3.63, 3.8) is 0 Å². The van der Waals surface area contributed by atoms with Gasteiger partial charge in [0, 0.05) is 18.6 Å². The molecule has 0 aliphatic rings. The Morgan fingerprint density at radius 3 is 2.69 bits per heavy atom. The predicted octanol–water partition coefficient (Wildman–Crippen LogP) is 0.756. The molecular formula is C7H11N3O2S. The number of nitrogens with zero attached hydrogens (tertiary/aromatic N) is 3. The summed E-state index contributed by atoms with van der Waals surface area (Å²) in [5, 5.41) is 9.37. The summed E-state index contributed by atoms with van der Waals surface area (Å²) in [7, 11) is 1.69. The maximum absolute atomic E-state index is 10.6. The number of carboxylic acids is 1. The van der Waals surface area contributed by atoms with Crippen LogP contribution in [0.1, 0.15) is 12.7 Å². The molecule has 1 N–H and O–H groups in total. The summed E-state index contributed by atoms with van der Waals surface area (Å²) in [4.78, 5) is 16.3. The number of carboxylic acid groups (broad SMARTS) is 1.